The Hall–Kier alpha value is -2.41. The van der Waals surface area contributed by atoms with Crippen LogP contribution in [0.4, 0.5) is 4.39 Å². The third-order valence-corrected chi connectivity index (χ3v) is 10.3. The molecule has 2 aromatic rings. The Morgan fingerprint density at radius 2 is 1.79 bits per heavy atom. The second-order valence-corrected chi connectivity index (χ2v) is 12.6. The SMILES string of the molecule is C[C@H](CF)C1CCC(C(=O)N2CC[C@@H](C3CCCCC3)[C@H]2C(=O)Cc2ccc3[nH]c(C(=O)O)c(Cl)c3c2)CC1. The van der Waals surface area contributed by atoms with Crippen molar-refractivity contribution in [3.63, 3.8) is 0 Å². The van der Waals surface area contributed by atoms with Crippen LogP contribution in [0.5, 0.6) is 0 Å². The number of hydrogen-bond donors (Lipinski definition) is 2. The normalized spacial score (nSPS) is 27.1. The molecule has 1 saturated heterocycles. The molecule has 6 nitrogen and oxygen atoms in total. The Bertz CT molecular complexity index is 1210. The number of Topliss-reactive ketones (excluding diaryl/α,β-unsaturated/α-hetero) is 1. The van der Waals surface area contributed by atoms with E-state index in [9.17, 15) is 23.9 Å². The number of aromatic nitrogens is 1. The van der Waals surface area contributed by atoms with Crippen molar-refractivity contribution in [1.29, 1.82) is 0 Å². The minimum absolute atomic E-state index is 0.0373. The van der Waals surface area contributed by atoms with Crippen LogP contribution in [-0.2, 0) is 16.0 Å². The molecule has 5 rings (SSSR count). The molecule has 0 bridgehead atoms. The highest BCUT2D eigenvalue weighted by molar-refractivity contribution is 6.38. The molecule has 3 aliphatic rings. The Kier molecular flexibility index (Phi) is 8.65. The maximum absolute atomic E-state index is 14.0. The second kappa shape index (κ2) is 12.0. The zero-order valence-electron chi connectivity index (χ0n) is 22.8. The van der Waals surface area contributed by atoms with Crippen molar-refractivity contribution in [2.75, 3.05) is 13.2 Å². The fourth-order valence-electron chi connectivity index (χ4n) is 7.60. The lowest BCUT2D eigenvalue weighted by Gasteiger charge is -2.37. The third kappa shape index (κ3) is 5.75. The van der Waals surface area contributed by atoms with E-state index in [1.165, 1.54) is 19.3 Å². The van der Waals surface area contributed by atoms with Crippen molar-refractivity contribution in [2.45, 2.75) is 83.6 Å². The van der Waals surface area contributed by atoms with Gasteiger partial charge in [-0.15, -0.1) is 0 Å². The molecule has 1 aliphatic heterocycles. The summed E-state index contributed by atoms with van der Waals surface area (Å²) in [5.74, 6) is -0.0319. The average molecular weight is 559 g/mol. The van der Waals surface area contributed by atoms with E-state index >= 15 is 0 Å². The molecule has 2 aliphatic carbocycles. The minimum atomic E-state index is -1.13. The molecule has 2 heterocycles. The number of carbonyl (C=O) groups is 3. The number of nitrogens with zero attached hydrogens (tertiary/aromatic N) is 1. The molecule has 3 fully saturated rings. The number of carboxylic acid groups (broad SMARTS) is 1. The molecular weight excluding hydrogens is 519 g/mol. The van der Waals surface area contributed by atoms with Gasteiger partial charge in [0.2, 0.25) is 5.91 Å². The van der Waals surface area contributed by atoms with Crippen LogP contribution in [-0.4, -0.2) is 51.9 Å². The number of H-pyrrole nitrogens is 1. The van der Waals surface area contributed by atoms with Crippen molar-refractivity contribution in [1.82, 2.24) is 9.88 Å². The number of likely N-dealkylation sites (tertiary alicyclic amines) is 1. The summed E-state index contributed by atoms with van der Waals surface area (Å²) in [6.45, 7) is 2.27. The summed E-state index contributed by atoms with van der Waals surface area (Å²) in [6, 6.07) is 4.98. The molecule has 0 unspecified atom stereocenters. The predicted molar refractivity (Wildman–Crippen MR) is 150 cm³/mol. The Balaban J connectivity index is 1.36. The minimum Gasteiger partial charge on any atom is -0.477 e. The van der Waals surface area contributed by atoms with Gasteiger partial charge in [-0.25, -0.2) is 4.79 Å². The molecule has 212 valence electrons. The van der Waals surface area contributed by atoms with E-state index < -0.39 is 12.0 Å². The van der Waals surface area contributed by atoms with E-state index in [1.807, 2.05) is 17.9 Å². The second-order valence-electron chi connectivity index (χ2n) is 12.2. The lowest BCUT2D eigenvalue weighted by Crippen LogP contribution is -2.48. The number of carboxylic acids is 1. The van der Waals surface area contributed by atoms with E-state index in [2.05, 4.69) is 4.98 Å². The van der Waals surface area contributed by atoms with Gasteiger partial charge in [0.1, 0.15) is 5.69 Å². The van der Waals surface area contributed by atoms with Gasteiger partial charge in [-0.3, -0.25) is 14.0 Å². The lowest BCUT2D eigenvalue weighted by atomic mass is 9.74. The number of halogens is 2. The quantitative estimate of drug-likeness (QED) is 0.371. The topological polar surface area (TPSA) is 90.5 Å². The maximum atomic E-state index is 14.0. The molecule has 0 spiro atoms. The first kappa shape index (κ1) is 28.1. The van der Waals surface area contributed by atoms with Crippen LogP contribution in [0.1, 0.15) is 87.2 Å². The number of nitrogens with one attached hydrogen (secondary N) is 1. The van der Waals surface area contributed by atoms with Gasteiger partial charge < -0.3 is 15.0 Å². The van der Waals surface area contributed by atoms with Crippen molar-refractivity contribution in [2.24, 2.45) is 29.6 Å². The van der Waals surface area contributed by atoms with Gasteiger partial charge in [-0.05, 0) is 73.5 Å². The first-order chi connectivity index (χ1) is 18.8. The zero-order chi connectivity index (χ0) is 27.7. The number of carbonyl (C=O) groups excluding carboxylic acids is 2. The first-order valence-corrected chi connectivity index (χ1v) is 15.1. The van der Waals surface area contributed by atoms with E-state index in [0.29, 0.717) is 29.3 Å². The number of aromatic carboxylic acids is 1. The van der Waals surface area contributed by atoms with Crippen molar-refractivity contribution in [3.05, 3.63) is 34.5 Å². The molecule has 2 N–H and O–H groups in total. The third-order valence-electron chi connectivity index (χ3n) is 9.87. The van der Waals surface area contributed by atoms with Crippen molar-refractivity contribution >= 4 is 40.2 Å². The fourth-order valence-corrected chi connectivity index (χ4v) is 7.88. The smallest absolute Gasteiger partial charge is 0.353 e. The van der Waals surface area contributed by atoms with Gasteiger partial charge in [0, 0.05) is 29.8 Å². The summed E-state index contributed by atoms with van der Waals surface area (Å²) >= 11 is 6.33. The Morgan fingerprint density at radius 1 is 1.08 bits per heavy atom. The summed E-state index contributed by atoms with van der Waals surface area (Å²) in [6.07, 6.45) is 10.2. The monoisotopic (exact) mass is 558 g/mol. The van der Waals surface area contributed by atoms with Gasteiger partial charge in [0.25, 0.3) is 0 Å². The molecule has 1 aromatic heterocycles. The fraction of sp³-hybridized carbons (Fsp3) is 0.645. The van der Waals surface area contributed by atoms with Crippen LogP contribution in [0, 0.1) is 29.6 Å². The van der Waals surface area contributed by atoms with Gasteiger partial charge in [0.05, 0.1) is 17.7 Å². The molecule has 1 amide bonds. The van der Waals surface area contributed by atoms with E-state index in [0.717, 1.165) is 50.5 Å². The Labute approximate surface area is 234 Å². The summed E-state index contributed by atoms with van der Waals surface area (Å²) < 4.78 is 13.2. The Morgan fingerprint density at radius 3 is 2.46 bits per heavy atom. The molecule has 0 radical (unpaired) electrons. The molecular formula is C31H40ClFN2O4. The number of rotatable bonds is 8. The summed E-state index contributed by atoms with van der Waals surface area (Å²) in [5, 5.41) is 10.1. The van der Waals surface area contributed by atoms with Gasteiger partial charge >= 0.3 is 5.97 Å². The molecule has 39 heavy (non-hydrogen) atoms. The average Bonchev–Trinajstić information content (AvgIpc) is 3.54. The summed E-state index contributed by atoms with van der Waals surface area (Å²) in [5.41, 5.74) is 1.33. The molecule has 1 aromatic carbocycles. The van der Waals surface area contributed by atoms with Crippen LogP contribution in [0.3, 0.4) is 0 Å². The molecule has 2 saturated carbocycles. The number of amides is 1. The summed E-state index contributed by atoms with van der Waals surface area (Å²) in [4.78, 5) is 44.1. The molecule has 3 atom stereocenters. The first-order valence-electron chi connectivity index (χ1n) is 14.7. The number of aromatic amines is 1. The molecule has 8 heteroatoms. The number of hydrogen-bond acceptors (Lipinski definition) is 3. The van der Waals surface area contributed by atoms with Gasteiger partial charge in [-0.2, -0.15) is 0 Å². The zero-order valence-corrected chi connectivity index (χ0v) is 23.5. The van der Waals surface area contributed by atoms with Crippen molar-refractivity contribution in [3.8, 4) is 0 Å². The largest absolute Gasteiger partial charge is 0.477 e. The van der Waals surface area contributed by atoms with Crippen LogP contribution in [0.2, 0.25) is 5.02 Å². The van der Waals surface area contributed by atoms with Crippen molar-refractivity contribution < 1.29 is 23.9 Å². The van der Waals surface area contributed by atoms with Crippen LogP contribution in [0.25, 0.3) is 10.9 Å². The standard InChI is InChI=1S/C31H40ClFN2O4/c1-18(17-33)20-8-10-22(11-9-20)30(37)35-14-13-23(21-5-3-2-4-6-21)29(35)26(36)16-19-7-12-25-24(15-19)27(32)28(34-25)31(38)39/h7,12,15,18,20-23,29,34H,2-6,8-11,13-14,16-17H2,1H3,(H,38,39)/t18-,20?,22?,23+,29+/m1/s1. The van der Waals surface area contributed by atoms with Crippen LogP contribution in [0.15, 0.2) is 18.2 Å². The number of fused-ring (bicyclic) bond motifs is 1. The van der Waals surface area contributed by atoms with E-state index in [1.54, 1.807) is 12.1 Å². The lowest BCUT2D eigenvalue weighted by molar-refractivity contribution is -0.143. The highest BCUT2D eigenvalue weighted by atomic mass is 35.5. The maximum Gasteiger partial charge on any atom is 0.353 e. The highest BCUT2D eigenvalue weighted by Gasteiger charge is 2.46. The van der Waals surface area contributed by atoms with E-state index in [4.69, 9.17) is 11.6 Å². The summed E-state index contributed by atoms with van der Waals surface area (Å²) in [7, 11) is 0. The van der Waals surface area contributed by atoms with Crippen LogP contribution >= 0.6 is 11.6 Å². The number of benzene rings is 1. The van der Waals surface area contributed by atoms with Crippen LogP contribution < -0.4 is 0 Å². The van der Waals surface area contributed by atoms with Gasteiger partial charge in [0.15, 0.2) is 5.78 Å². The highest BCUT2D eigenvalue weighted by Crippen LogP contribution is 2.42. The number of alkyl halides is 1. The predicted octanol–water partition coefficient (Wildman–Crippen LogP) is 6.84. The van der Waals surface area contributed by atoms with E-state index in [-0.39, 0.29) is 53.3 Å². The number of ketones is 1. The van der Waals surface area contributed by atoms with Gasteiger partial charge in [-0.1, -0.05) is 56.7 Å².